The average molecular weight is 338 g/mol. The van der Waals surface area contributed by atoms with Gasteiger partial charge in [0.1, 0.15) is 23.3 Å². The number of hydrogen-bond acceptors (Lipinski definition) is 5. The van der Waals surface area contributed by atoms with Crippen molar-refractivity contribution in [3.05, 3.63) is 40.4 Å². The first-order valence-electron chi connectivity index (χ1n) is 6.23. The molecule has 7 heteroatoms. The number of nitrogens with two attached hydrogens (primary N) is 1. The highest BCUT2D eigenvalue weighted by Crippen LogP contribution is 2.39. The van der Waals surface area contributed by atoms with Crippen molar-refractivity contribution in [3.63, 3.8) is 0 Å². The molecule has 2 aromatic rings. The highest BCUT2D eigenvalue weighted by atomic mass is 79.9. The van der Waals surface area contributed by atoms with Gasteiger partial charge in [0, 0.05) is 16.5 Å². The number of aromatic nitrogens is 2. The Labute approximate surface area is 123 Å². The third-order valence-electron chi connectivity index (χ3n) is 3.03. The van der Waals surface area contributed by atoms with Gasteiger partial charge in [-0.2, -0.15) is 0 Å². The Balaban J connectivity index is 1.91. The van der Waals surface area contributed by atoms with Crippen LogP contribution in [-0.4, -0.2) is 9.97 Å². The second-order valence-corrected chi connectivity index (χ2v) is 5.58. The zero-order valence-corrected chi connectivity index (χ0v) is 12.1. The van der Waals surface area contributed by atoms with Crippen LogP contribution >= 0.6 is 15.9 Å². The molecule has 104 valence electrons. The summed E-state index contributed by atoms with van der Waals surface area (Å²) in [5.74, 6) is 7.21. The van der Waals surface area contributed by atoms with Crippen LogP contribution in [0.2, 0.25) is 0 Å². The Morgan fingerprint density at radius 3 is 2.60 bits per heavy atom. The largest absolute Gasteiger partial charge is 0.338 e. The molecule has 0 bridgehead atoms. The molecule has 0 aliphatic heterocycles. The zero-order chi connectivity index (χ0) is 14.1. The lowest BCUT2D eigenvalue weighted by molar-refractivity contribution is 0.631. The normalized spacial score (nSPS) is 14.2. The van der Waals surface area contributed by atoms with E-state index in [0.29, 0.717) is 27.7 Å². The first-order valence-corrected chi connectivity index (χ1v) is 7.02. The van der Waals surface area contributed by atoms with Gasteiger partial charge in [-0.05, 0) is 31.0 Å². The fraction of sp³-hybridized carbons (Fsp3) is 0.231. The number of nitrogens with zero attached hydrogens (tertiary/aromatic N) is 2. The van der Waals surface area contributed by atoms with Gasteiger partial charge < -0.3 is 10.7 Å². The van der Waals surface area contributed by atoms with Gasteiger partial charge in [0.25, 0.3) is 0 Å². The predicted octanol–water partition coefficient (Wildman–Crippen LogP) is 3.28. The van der Waals surface area contributed by atoms with Gasteiger partial charge in [-0.25, -0.2) is 20.2 Å². The number of nitrogens with one attached hydrogen (secondary N) is 2. The van der Waals surface area contributed by atoms with Gasteiger partial charge in [-0.1, -0.05) is 15.9 Å². The maximum absolute atomic E-state index is 13.8. The highest BCUT2D eigenvalue weighted by molar-refractivity contribution is 9.10. The molecule has 1 aliphatic rings. The molecule has 1 aromatic carbocycles. The van der Waals surface area contributed by atoms with Crippen molar-refractivity contribution in [2.45, 2.75) is 18.8 Å². The monoisotopic (exact) mass is 337 g/mol. The van der Waals surface area contributed by atoms with E-state index < -0.39 is 0 Å². The smallest absolute Gasteiger partial charge is 0.147 e. The van der Waals surface area contributed by atoms with Crippen LogP contribution in [0.5, 0.6) is 0 Å². The number of hydrogen-bond donors (Lipinski definition) is 3. The van der Waals surface area contributed by atoms with Crippen molar-refractivity contribution < 1.29 is 4.39 Å². The summed E-state index contributed by atoms with van der Waals surface area (Å²) in [7, 11) is 0. The molecule has 4 N–H and O–H groups in total. The molecule has 3 rings (SSSR count). The maximum Gasteiger partial charge on any atom is 0.147 e. The van der Waals surface area contributed by atoms with E-state index in [0.717, 1.165) is 18.7 Å². The van der Waals surface area contributed by atoms with Crippen LogP contribution in [0.4, 0.5) is 21.7 Å². The third-order valence-corrected chi connectivity index (χ3v) is 3.52. The molecule has 0 unspecified atom stereocenters. The first-order chi connectivity index (χ1) is 9.65. The molecule has 0 saturated heterocycles. The molecular formula is C13H13BrFN5. The molecule has 0 radical (unpaired) electrons. The van der Waals surface area contributed by atoms with E-state index in [1.54, 1.807) is 18.2 Å². The molecule has 1 aliphatic carbocycles. The van der Waals surface area contributed by atoms with Crippen LogP contribution in [0.1, 0.15) is 24.6 Å². The Morgan fingerprint density at radius 2 is 1.95 bits per heavy atom. The second kappa shape index (κ2) is 5.34. The van der Waals surface area contributed by atoms with Crippen LogP contribution in [-0.2, 0) is 0 Å². The Hall–Kier alpha value is -1.73. The molecule has 1 saturated carbocycles. The number of anilines is 3. The van der Waals surface area contributed by atoms with Crippen molar-refractivity contribution in [3.8, 4) is 0 Å². The van der Waals surface area contributed by atoms with Crippen molar-refractivity contribution in [1.29, 1.82) is 0 Å². The van der Waals surface area contributed by atoms with Gasteiger partial charge >= 0.3 is 0 Å². The van der Waals surface area contributed by atoms with Crippen LogP contribution in [0, 0.1) is 5.82 Å². The van der Waals surface area contributed by atoms with Gasteiger partial charge in [0.15, 0.2) is 0 Å². The lowest BCUT2D eigenvalue weighted by Gasteiger charge is -2.10. The van der Waals surface area contributed by atoms with Crippen molar-refractivity contribution in [1.82, 2.24) is 9.97 Å². The summed E-state index contributed by atoms with van der Waals surface area (Å²) < 4.78 is 14.5. The van der Waals surface area contributed by atoms with E-state index in [1.165, 1.54) is 6.07 Å². The van der Waals surface area contributed by atoms with Crippen LogP contribution in [0.3, 0.4) is 0 Å². The molecule has 1 aromatic heterocycles. The number of rotatable bonds is 4. The highest BCUT2D eigenvalue weighted by Gasteiger charge is 2.27. The fourth-order valence-corrected chi connectivity index (χ4v) is 2.19. The zero-order valence-electron chi connectivity index (χ0n) is 10.5. The van der Waals surface area contributed by atoms with E-state index in [1.807, 2.05) is 0 Å². The average Bonchev–Trinajstić information content (AvgIpc) is 3.26. The van der Waals surface area contributed by atoms with Crippen molar-refractivity contribution in [2.24, 2.45) is 5.84 Å². The number of halogens is 2. The molecule has 1 fully saturated rings. The number of benzene rings is 1. The summed E-state index contributed by atoms with van der Waals surface area (Å²) in [5, 5.41) is 2.95. The lowest BCUT2D eigenvalue weighted by Crippen LogP contribution is -2.11. The number of hydrazine groups is 1. The summed E-state index contributed by atoms with van der Waals surface area (Å²) in [6, 6.07) is 6.45. The topological polar surface area (TPSA) is 75.9 Å². The summed E-state index contributed by atoms with van der Waals surface area (Å²) in [6.07, 6.45) is 2.17. The van der Waals surface area contributed by atoms with Gasteiger partial charge in [-0.3, -0.25) is 0 Å². The minimum absolute atomic E-state index is 0.354. The Kier molecular flexibility index (Phi) is 3.54. The standard InChI is InChI=1S/C13H13BrFN5/c14-8-3-4-10(9(15)5-8)17-11-6-12(20-16)19-13(18-11)7-1-2-7/h3-7H,1-2,16H2,(H2,17,18,19,20). The van der Waals surface area contributed by atoms with Crippen LogP contribution in [0.15, 0.2) is 28.7 Å². The van der Waals surface area contributed by atoms with Crippen LogP contribution < -0.4 is 16.6 Å². The van der Waals surface area contributed by atoms with Crippen molar-refractivity contribution >= 4 is 33.3 Å². The summed E-state index contributed by atoms with van der Waals surface area (Å²) in [5.41, 5.74) is 2.87. The van der Waals surface area contributed by atoms with Crippen LogP contribution in [0.25, 0.3) is 0 Å². The van der Waals surface area contributed by atoms with Gasteiger partial charge in [0.2, 0.25) is 0 Å². The Morgan fingerprint density at radius 1 is 1.20 bits per heavy atom. The van der Waals surface area contributed by atoms with E-state index in [9.17, 15) is 4.39 Å². The van der Waals surface area contributed by atoms with Crippen molar-refractivity contribution in [2.75, 3.05) is 10.7 Å². The molecule has 1 heterocycles. The first kappa shape index (κ1) is 13.3. The number of nitrogen functional groups attached to an aromatic ring is 1. The van der Waals surface area contributed by atoms with E-state index >= 15 is 0 Å². The minimum atomic E-state index is -0.354. The van der Waals surface area contributed by atoms with Gasteiger partial charge in [0.05, 0.1) is 5.69 Å². The lowest BCUT2D eigenvalue weighted by atomic mass is 10.3. The van der Waals surface area contributed by atoms with E-state index in [4.69, 9.17) is 5.84 Å². The molecule has 0 atom stereocenters. The summed E-state index contributed by atoms with van der Waals surface area (Å²) >= 11 is 3.22. The summed E-state index contributed by atoms with van der Waals surface area (Å²) in [6.45, 7) is 0. The summed E-state index contributed by atoms with van der Waals surface area (Å²) in [4.78, 5) is 8.71. The van der Waals surface area contributed by atoms with Gasteiger partial charge in [-0.15, -0.1) is 0 Å². The van der Waals surface area contributed by atoms with E-state index in [2.05, 4.69) is 36.6 Å². The quantitative estimate of drug-likeness (QED) is 0.589. The SMILES string of the molecule is NNc1cc(Nc2ccc(Br)cc2F)nc(C2CC2)n1. The molecule has 0 spiro atoms. The molecule has 5 nitrogen and oxygen atoms in total. The molecule has 20 heavy (non-hydrogen) atoms. The predicted molar refractivity (Wildman–Crippen MR) is 79.2 cm³/mol. The Bertz CT molecular complexity index is 645. The minimum Gasteiger partial charge on any atom is -0.338 e. The fourth-order valence-electron chi connectivity index (χ4n) is 1.86. The molecule has 0 amide bonds. The van der Waals surface area contributed by atoms with E-state index in [-0.39, 0.29) is 5.82 Å². The third kappa shape index (κ3) is 2.88. The maximum atomic E-state index is 13.8. The second-order valence-electron chi connectivity index (χ2n) is 4.66. The molecular weight excluding hydrogens is 325 g/mol.